The lowest BCUT2D eigenvalue weighted by Crippen LogP contribution is -2.42. The summed E-state index contributed by atoms with van der Waals surface area (Å²) in [6.07, 6.45) is 8.25. The van der Waals surface area contributed by atoms with Gasteiger partial charge in [0.2, 0.25) is 0 Å². The van der Waals surface area contributed by atoms with Gasteiger partial charge in [0.1, 0.15) is 0 Å². The van der Waals surface area contributed by atoms with Crippen LogP contribution in [0.5, 0.6) is 0 Å². The van der Waals surface area contributed by atoms with Crippen LogP contribution in [-0.2, 0) is 4.74 Å². The molecule has 2 nitrogen and oxygen atoms in total. The van der Waals surface area contributed by atoms with Crippen molar-refractivity contribution in [2.24, 2.45) is 23.5 Å². The van der Waals surface area contributed by atoms with Crippen molar-refractivity contribution in [1.82, 2.24) is 0 Å². The van der Waals surface area contributed by atoms with Gasteiger partial charge >= 0.3 is 0 Å². The average molecular weight is 195 g/mol. The number of ether oxygens (including phenoxy) is 1. The summed E-state index contributed by atoms with van der Waals surface area (Å²) < 4.78 is 5.43. The van der Waals surface area contributed by atoms with Crippen LogP contribution in [0.1, 0.15) is 38.5 Å². The first-order chi connectivity index (χ1) is 6.75. The van der Waals surface area contributed by atoms with E-state index >= 15 is 0 Å². The largest absolute Gasteiger partial charge is 0.379 e. The summed E-state index contributed by atoms with van der Waals surface area (Å²) in [5.74, 6) is 3.00. The molecule has 3 fully saturated rings. The average Bonchev–Trinajstić information content (AvgIpc) is 2.80. The number of rotatable bonds is 2. The Balaban J connectivity index is 1.62. The van der Waals surface area contributed by atoms with E-state index in [1.807, 2.05) is 0 Å². The van der Waals surface area contributed by atoms with Crippen molar-refractivity contribution in [2.45, 2.75) is 44.1 Å². The molecule has 2 N–H and O–H groups in total. The van der Waals surface area contributed by atoms with Gasteiger partial charge < -0.3 is 10.5 Å². The molecule has 0 amide bonds. The van der Waals surface area contributed by atoms with E-state index < -0.39 is 0 Å². The normalized spacial score (nSPS) is 51.6. The highest BCUT2D eigenvalue weighted by atomic mass is 16.5. The predicted octanol–water partition coefficient (Wildman–Crippen LogP) is 1.93. The van der Waals surface area contributed by atoms with Gasteiger partial charge in [0.05, 0.1) is 6.61 Å². The zero-order valence-corrected chi connectivity index (χ0v) is 8.87. The van der Waals surface area contributed by atoms with Crippen LogP contribution in [0, 0.1) is 17.8 Å². The predicted molar refractivity (Wildman–Crippen MR) is 55.9 cm³/mol. The smallest absolute Gasteiger partial charge is 0.0647 e. The topological polar surface area (TPSA) is 35.2 Å². The van der Waals surface area contributed by atoms with E-state index in [1.165, 1.54) is 32.1 Å². The number of fused-ring (bicyclic) bond motifs is 2. The van der Waals surface area contributed by atoms with Crippen LogP contribution in [0.15, 0.2) is 0 Å². The molecule has 1 aliphatic heterocycles. The first kappa shape index (κ1) is 9.17. The van der Waals surface area contributed by atoms with Crippen molar-refractivity contribution in [1.29, 1.82) is 0 Å². The summed E-state index contributed by atoms with van der Waals surface area (Å²) in [5.41, 5.74) is 6.38. The molecule has 2 bridgehead atoms. The summed E-state index contributed by atoms with van der Waals surface area (Å²) in [6.45, 7) is 1.69. The molecule has 0 spiro atoms. The summed E-state index contributed by atoms with van der Waals surface area (Å²) in [6, 6.07) is 0. The van der Waals surface area contributed by atoms with Crippen molar-refractivity contribution < 1.29 is 4.74 Å². The molecule has 4 unspecified atom stereocenters. The quantitative estimate of drug-likeness (QED) is 0.730. The first-order valence-electron chi connectivity index (χ1n) is 6.12. The van der Waals surface area contributed by atoms with Crippen molar-refractivity contribution >= 4 is 0 Å². The van der Waals surface area contributed by atoms with Crippen LogP contribution in [0.25, 0.3) is 0 Å². The van der Waals surface area contributed by atoms with Crippen molar-refractivity contribution in [3.8, 4) is 0 Å². The fourth-order valence-corrected chi connectivity index (χ4v) is 3.93. The highest BCUT2D eigenvalue weighted by Crippen LogP contribution is 2.51. The fraction of sp³-hybridized carbons (Fsp3) is 1.00. The van der Waals surface area contributed by atoms with Crippen LogP contribution in [0.2, 0.25) is 0 Å². The van der Waals surface area contributed by atoms with E-state index in [1.54, 1.807) is 0 Å². The van der Waals surface area contributed by atoms with Crippen LogP contribution >= 0.6 is 0 Å². The molecule has 0 aromatic rings. The minimum atomic E-state index is 0.0369. The SMILES string of the molecule is NC1(CC2CC3CCC2C3)CCOC1. The Kier molecular flexibility index (Phi) is 2.10. The molecule has 2 aliphatic carbocycles. The lowest BCUT2D eigenvalue weighted by Gasteiger charge is -2.30. The monoisotopic (exact) mass is 195 g/mol. The Hall–Kier alpha value is -0.0800. The van der Waals surface area contributed by atoms with Gasteiger partial charge in [0, 0.05) is 12.1 Å². The Morgan fingerprint density at radius 2 is 2.21 bits per heavy atom. The molecule has 2 saturated carbocycles. The van der Waals surface area contributed by atoms with E-state index in [0.717, 1.165) is 37.4 Å². The van der Waals surface area contributed by atoms with Crippen LogP contribution in [-0.4, -0.2) is 18.8 Å². The molecule has 14 heavy (non-hydrogen) atoms. The van der Waals surface area contributed by atoms with E-state index in [-0.39, 0.29) is 5.54 Å². The molecule has 80 valence electrons. The van der Waals surface area contributed by atoms with Gasteiger partial charge in [-0.1, -0.05) is 6.42 Å². The summed E-state index contributed by atoms with van der Waals surface area (Å²) >= 11 is 0. The maximum absolute atomic E-state index is 6.35. The minimum Gasteiger partial charge on any atom is -0.379 e. The third kappa shape index (κ3) is 1.49. The van der Waals surface area contributed by atoms with Gasteiger partial charge in [0.25, 0.3) is 0 Å². The van der Waals surface area contributed by atoms with E-state index in [2.05, 4.69) is 0 Å². The van der Waals surface area contributed by atoms with Crippen molar-refractivity contribution in [2.75, 3.05) is 13.2 Å². The second-order valence-corrected chi connectivity index (χ2v) is 5.80. The Morgan fingerprint density at radius 3 is 2.79 bits per heavy atom. The Morgan fingerprint density at radius 1 is 1.29 bits per heavy atom. The van der Waals surface area contributed by atoms with Crippen LogP contribution in [0.4, 0.5) is 0 Å². The van der Waals surface area contributed by atoms with Crippen LogP contribution in [0.3, 0.4) is 0 Å². The minimum absolute atomic E-state index is 0.0369. The van der Waals surface area contributed by atoms with Crippen molar-refractivity contribution in [3.05, 3.63) is 0 Å². The lowest BCUT2D eigenvalue weighted by molar-refractivity contribution is 0.161. The maximum Gasteiger partial charge on any atom is 0.0647 e. The molecular weight excluding hydrogens is 174 g/mol. The Bertz CT molecular complexity index is 222. The lowest BCUT2D eigenvalue weighted by atomic mass is 9.79. The van der Waals surface area contributed by atoms with E-state index in [4.69, 9.17) is 10.5 Å². The zero-order valence-electron chi connectivity index (χ0n) is 8.87. The number of nitrogens with two attached hydrogens (primary N) is 1. The third-order valence-corrected chi connectivity index (χ3v) is 4.69. The molecule has 0 radical (unpaired) electrons. The molecule has 3 aliphatic rings. The second kappa shape index (κ2) is 3.21. The number of hydrogen-bond donors (Lipinski definition) is 1. The van der Waals surface area contributed by atoms with Gasteiger partial charge in [-0.05, 0) is 49.9 Å². The molecule has 0 aromatic heterocycles. The molecule has 0 aromatic carbocycles. The fourth-order valence-electron chi connectivity index (χ4n) is 3.93. The van der Waals surface area contributed by atoms with E-state index in [0.29, 0.717) is 0 Å². The molecular formula is C12H21NO. The standard InChI is InChI=1S/C12H21NO/c13-12(3-4-14-8-12)7-11-6-9-1-2-10(11)5-9/h9-11H,1-8,13H2. The Labute approximate surface area is 86.2 Å². The highest BCUT2D eigenvalue weighted by molar-refractivity contribution is 4.97. The first-order valence-corrected chi connectivity index (χ1v) is 6.12. The summed E-state index contributed by atoms with van der Waals surface area (Å²) in [5, 5.41) is 0. The van der Waals surface area contributed by atoms with Crippen molar-refractivity contribution in [3.63, 3.8) is 0 Å². The second-order valence-electron chi connectivity index (χ2n) is 5.80. The molecule has 1 heterocycles. The van der Waals surface area contributed by atoms with Gasteiger partial charge in [-0.15, -0.1) is 0 Å². The summed E-state index contributed by atoms with van der Waals surface area (Å²) in [4.78, 5) is 0. The molecule has 1 saturated heterocycles. The van der Waals surface area contributed by atoms with Gasteiger partial charge in [-0.2, -0.15) is 0 Å². The zero-order chi connectivity index (χ0) is 9.60. The van der Waals surface area contributed by atoms with E-state index in [9.17, 15) is 0 Å². The van der Waals surface area contributed by atoms with Crippen LogP contribution < -0.4 is 5.73 Å². The molecule has 3 rings (SSSR count). The molecule has 4 atom stereocenters. The van der Waals surface area contributed by atoms with Gasteiger partial charge in [0.15, 0.2) is 0 Å². The third-order valence-electron chi connectivity index (χ3n) is 4.69. The highest BCUT2D eigenvalue weighted by Gasteiger charge is 2.43. The van der Waals surface area contributed by atoms with Gasteiger partial charge in [-0.25, -0.2) is 0 Å². The maximum atomic E-state index is 6.35. The molecule has 2 heteroatoms. The summed E-state index contributed by atoms with van der Waals surface area (Å²) in [7, 11) is 0. The number of hydrogen-bond acceptors (Lipinski definition) is 2. The van der Waals surface area contributed by atoms with Gasteiger partial charge in [-0.3, -0.25) is 0 Å².